The normalized spacial score (nSPS) is 13.1. The molecule has 4 heteroatoms. The smallest absolute Gasteiger partial charge is 0.309 e. The fourth-order valence-corrected chi connectivity index (χ4v) is 1.00. The first-order chi connectivity index (χ1) is 6.76. The van der Waals surface area contributed by atoms with Crippen LogP contribution >= 0.6 is 0 Å². The molecule has 15 heavy (non-hydrogen) atoms. The maximum absolute atomic E-state index is 11.3. The fourth-order valence-electron chi connectivity index (χ4n) is 1.00. The summed E-state index contributed by atoms with van der Waals surface area (Å²) in [6.45, 7) is 9.09. The van der Waals surface area contributed by atoms with Gasteiger partial charge in [-0.1, -0.05) is 6.92 Å². The molecule has 0 aliphatic rings. The Morgan fingerprint density at radius 1 is 1.27 bits per heavy atom. The molecule has 0 bridgehead atoms. The topological polar surface area (TPSA) is 52.6 Å². The highest BCUT2D eigenvalue weighted by Gasteiger charge is 2.22. The Bertz CT molecular complexity index is 227. The molecule has 0 aliphatic carbocycles. The molecule has 0 heterocycles. The zero-order valence-electron chi connectivity index (χ0n) is 10.1. The summed E-state index contributed by atoms with van der Waals surface area (Å²) in [5.41, 5.74) is -0.508. The van der Waals surface area contributed by atoms with E-state index in [9.17, 15) is 9.59 Å². The lowest BCUT2D eigenvalue weighted by atomic mass is 10.1. The van der Waals surface area contributed by atoms with Crippen molar-refractivity contribution in [1.82, 2.24) is 0 Å². The van der Waals surface area contributed by atoms with Crippen molar-refractivity contribution in [3.8, 4) is 0 Å². The van der Waals surface area contributed by atoms with E-state index >= 15 is 0 Å². The summed E-state index contributed by atoms with van der Waals surface area (Å²) in [6, 6.07) is 0. The van der Waals surface area contributed by atoms with Gasteiger partial charge in [-0.25, -0.2) is 0 Å². The van der Waals surface area contributed by atoms with E-state index in [1.165, 1.54) is 0 Å². The van der Waals surface area contributed by atoms with E-state index in [1.807, 2.05) is 0 Å². The molecule has 4 nitrogen and oxygen atoms in total. The van der Waals surface area contributed by atoms with E-state index in [0.29, 0.717) is 6.61 Å². The highest BCUT2D eigenvalue weighted by atomic mass is 16.6. The van der Waals surface area contributed by atoms with E-state index in [1.54, 1.807) is 34.6 Å². The van der Waals surface area contributed by atoms with Gasteiger partial charge in [0.25, 0.3) is 0 Å². The van der Waals surface area contributed by atoms with Crippen LogP contribution in [0.5, 0.6) is 0 Å². The molecule has 0 saturated heterocycles. The van der Waals surface area contributed by atoms with Crippen molar-refractivity contribution in [3.05, 3.63) is 0 Å². The highest BCUT2D eigenvalue weighted by Crippen LogP contribution is 2.12. The zero-order chi connectivity index (χ0) is 12.1. The molecule has 0 amide bonds. The van der Waals surface area contributed by atoms with Crippen molar-refractivity contribution in [1.29, 1.82) is 0 Å². The molecule has 0 aromatic rings. The van der Waals surface area contributed by atoms with E-state index in [-0.39, 0.29) is 18.4 Å². The van der Waals surface area contributed by atoms with Crippen LogP contribution in [0.2, 0.25) is 0 Å². The van der Waals surface area contributed by atoms with Crippen molar-refractivity contribution in [2.45, 2.75) is 46.6 Å². The van der Waals surface area contributed by atoms with Crippen molar-refractivity contribution >= 4 is 11.9 Å². The molecule has 0 aromatic carbocycles. The molecule has 0 saturated carbocycles. The summed E-state index contributed by atoms with van der Waals surface area (Å²) in [5.74, 6) is -1.17. The summed E-state index contributed by atoms with van der Waals surface area (Å²) in [5, 5.41) is 0. The largest absolute Gasteiger partial charge is 0.466 e. The fraction of sp³-hybridized carbons (Fsp3) is 0.818. The third-order valence-corrected chi connectivity index (χ3v) is 1.58. The Hall–Kier alpha value is -1.06. The van der Waals surface area contributed by atoms with Crippen LogP contribution in [0.15, 0.2) is 0 Å². The number of hydrogen-bond acceptors (Lipinski definition) is 4. The van der Waals surface area contributed by atoms with Crippen LogP contribution in [0.25, 0.3) is 0 Å². The van der Waals surface area contributed by atoms with Gasteiger partial charge in [0, 0.05) is 0 Å². The second-order valence-electron chi connectivity index (χ2n) is 4.44. The molecule has 0 spiro atoms. The SMILES string of the molecule is CCOC(=O)C(C)CC(=O)OC(C)(C)C. The van der Waals surface area contributed by atoms with Gasteiger partial charge in [0.15, 0.2) is 0 Å². The monoisotopic (exact) mass is 216 g/mol. The summed E-state index contributed by atoms with van der Waals surface area (Å²) in [4.78, 5) is 22.6. The van der Waals surface area contributed by atoms with Crippen LogP contribution in [-0.2, 0) is 19.1 Å². The van der Waals surface area contributed by atoms with E-state index in [2.05, 4.69) is 0 Å². The van der Waals surface area contributed by atoms with Crippen LogP contribution < -0.4 is 0 Å². The van der Waals surface area contributed by atoms with E-state index in [0.717, 1.165) is 0 Å². The first kappa shape index (κ1) is 13.9. The van der Waals surface area contributed by atoms with Gasteiger partial charge < -0.3 is 9.47 Å². The molecule has 0 rings (SSSR count). The molecule has 0 N–H and O–H groups in total. The van der Waals surface area contributed by atoms with Gasteiger partial charge in [-0.2, -0.15) is 0 Å². The second-order valence-corrected chi connectivity index (χ2v) is 4.44. The number of ether oxygens (including phenoxy) is 2. The summed E-state index contributed by atoms with van der Waals surface area (Å²) < 4.78 is 9.88. The van der Waals surface area contributed by atoms with Gasteiger partial charge in [-0.05, 0) is 27.7 Å². The Morgan fingerprint density at radius 2 is 1.80 bits per heavy atom. The minimum atomic E-state index is -0.508. The van der Waals surface area contributed by atoms with Gasteiger partial charge in [-0.15, -0.1) is 0 Å². The molecule has 1 unspecified atom stereocenters. The van der Waals surface area contributed by atoms with Gasteiger partial charge in [0.05, 0.1) is 18.9 Å². The molecular formula is C11H20O4. The number of carbonyl (C=O) groups is 2. The molecule has 1 atom stereocenters. The van der Waals surface area contributed by atoms with Gasteiger partial charge in [0.1, 0.15) is 5.60 Å². The predicted octanol–water partition coefficient (Wildman–Crippen LogP) is 1.92. The van der Waals surface area contributed by atoms with E-state index in [4.69, 9.17) is 9.47 Å². The van der Waals surface area contributed by atoms with Crippen molar-refractivity contribution in [2.75, 3.05) is 6.61 Å². The summed E-state index contributed by atoms with van der Waals surface area (Å²) in [6.07, 6.45) is 0.0656. The molecule has 0 aliphatic heterocycles. The number of rotatable bonds is 4. The molecule has 0 radical (unpaired) electrons. The predicted molar refractivity (Wildman–Crippen MR) is 56.3 cm³/mol. The number of hydrogen-bond donors (Lipinski definition) is 0. The van der Waals surface area contributed by atoms with Crippen LogP contribution in [0.4, 0.5) is 0 Å². The van der Waals surface area contributed by atoms with Crippen LogP contribution in [-0.4, -0.2) is 24.1 Å². The Kier molecular flexibility index (Phi) is 5.33. The zero-order valence-corrected chi connectivity index (χ0v) is 10.1. The quantitative estimate of drug-likeness (QED) is 0.674. The average Bonchev–Trinajstić information content (AvgIpc) is 2.00. The van der Waals surface area contributed by atoms with Gasteiger partial charge >= 0.3 is 11.9 Å². The minimum absolute atomic E-state index is 0.0656. The highest BCUT2D eigenvalue weighted by molar-refractivity contribution is 5.79. The first-order valence-electron chi connectivity index (χ1n) is 5.14. The average molecular weight is 216 g/mol. The molecule has 88 valence electrons. The Morgan fingerprint density at radius 3 is 2.20 bits per heavy atom. The van der Waals surface area contributed by atoms with Crippen LogP contribution in [0, 0.1) is 5.92 Å². The third-order valence-electron chi connectivity index (χ3n) is 1.58. The Labute approximate surface area is 90.9 Å². The van der Waals surface area contributed by atoms with Crippen molar-refractivity contribution < 1.29 is 19.1 Å². The first-order valence-corrected chi connectivity index (χ1v) is 5.14. The standard InChI is InChI=1S/C11H20O4/c1-6-14-10(13)8(2)7-9(12)15-11(3,4)5/h8H,6-7H2,1-5H3. The third kappa shape index (κ3) is 6.94. The molecule has 0 fully saturated rings. The van der Waals surface area contributed by atoms with Gasteiger partial charge in [0.2, 0.25) is 0 Å². The second kappa shape index (κ2) is 5.73. The molecule has 0 aromatic heterocycles. The van der Waals surface area contributed by atoms with E-state index < -0.39 is 11.5 Å². The summed E-state index contributed by atoms with van der Waals surface area (Å²) in [7, 11) is 0. The Balaban J connectivity index is 4.02. The maximum Gasteiger partial charge on any atom is 0.309 e. The minimum Gasteiger partial charge on any atom is -0.466 e. The van der Waals surface area contributed by atoms with Crippen LogP contribution in [0.1, 0.15) is 41.0 Å². The number of carbonyl (C=O) groups excluding carboxylic acids is 2. The maximum atomic E-state index is 11.3. The summed E-state index contributed by atoms with van der Waals surface area (Å²) >= 11 is 0. The molecular weight excluding hydrogens is 196 g/mol. The van der Waals surface area contributed by atoms with Crippen molar-refractivity contribution in [3.63, 3.8) is 0 Å². The van der Waals surface area contributed by atoms with Gasteiger partial charge in [-0.3, -0.25) is 9.59 Å². The lowest BCUT2D eigenvalue weighted by molar-refractivity contribution is -0.160. The lowest BCUT2D eigenvalue weighted by Gasteiger charge is -2.20. The van der Waals surface area contributed by atoms with Crippen molar-refractivity contribution in [2.24, 2.45) is 5.92 Å². The van der Waals surface area contributed by atoms with Crippen LogP contribution in [0.3, 0.4) is 0 Å². The lowest BCUT2D eigenvalue weighted by Crippen LogP contribution is -2.27. The number of esters is 2.